The molecule has 0 aromatic heterocycles. The third-order valence-electron chi connectivity index (χ3n) is 2.86. The van der Waals surface area contributed by atoms with E-state index in [1.54, 1.807) is 18.2 Å². The average molecular weight is 347 g/mol. The van der Waals surface area contributed by atoms with E-state index < -0.39 is 11.8 Å². The standard InChI is InChI=1S/C16H15BrN2O2/c1-11-5-7-12(8-6-11)10-18-15(20)16(21)19-14-4-2-3-13(17)9-14/h2-9H,10H2,1H3,(H,18,20)(H,19,21). The van der Waals surface area contributed by atoms with E-state index in [-0.39, 0.29) is 0 Å². The molecule has 0 heterocycles. The van der Waals surface area contributed by atoms with Crippen LogP contribution in [0.3, 0.4) is 0 Å². The molecule has 0 bridgehead atoms. The van der Waals surface area contributed by atoms with E-state index in [9.17, 15) is 9.59 Å². The van der Waals surface area contributed by atoms with Gasteiger partial charge >= 0.3 is 11.8 Å². The zero-order chi connectivity index (χ0) is 15.2. The Labute approximate surface area is 131 Å². The van der Waals surface area contributed by atoms with Crippen LogP contribution in [0.15, 0.2) is 53.0 Å². The Morgan fingerprint density at radius 2 is 1.76 bits per heavy atom. The number of carbonyl (C=O) groups is 2. The summed E-state index contributed by atoms with van der Waals surface area (Å²) in [6.45, 7) is 2.32. The maximum absolute atomic E-state index is 11.8. The second-order valence-electron chi connectivity index (χ2n) is 4.63. The first-order chi connectivity index (χ1) is 10.0. The van der Waals surface area contributed by atoms with Gasteiger partial charge in [-0.1, -0.05) is 51.8 Å². The minimum absolute atomic E-state index is 0.324. The van der Waals surface area contributed by atoms with Crippen molar-refractivity contribution in [2.24, 2.45) is 0 Å². The Balaban J connectivity index is 1.88. The van der Waals surface area contributed by atoms with Gasteiger partial charge in [0.1, 0.15) is 0 Å². The van der Waals surface area contributed by atoms with Crippen LogP contribution in [0.5, 0.6) is 0 Å². The molecule has 0 aliphatic rings. The molecule has 21 heavy (non-hydrogen) atoms. The van der Waals surface area contributed by atoms with Crippen molar-refractivity contribution >= 4 is 33.4 Å². The fraction of sp³-hybridized carbons (Fsp3) is 0.125. The van der Waals surface area contributed by atoms with Crippen LogP contribution < -0.4 is 10.6 Å². The van der Waals surface area contributed by atoms with Crippen molar-refractivity contribution in [3.8, 4) is 0 Å². The monoisotopic (exact) mass is 346 g/mol. The zero-order valence-corrected chi connectivity index (χ0v) is 13.1. The molecule has 108 valence electrons. The van der Waals surface area contributed by atoms with Crippen molar-refractivity contribution in [2.45, 2.75) is 13.5 Å². The number of hydrogen-bond acceptors (Lipinski definition) is 2. The molecular formula is C16H15BrN2O2. The summed E-state index contributed by atoms with van der Waals surface area (Å²) < 4.78 is 0.834. The molecule has 2 N–H and O–H groups in total. The number of halogens is 1. The fourth-order valence-electron chi connectivity index (χ4n) is 1.72. The minimum Gasteiger partial charge on any atom is -0.344 e. The predicted molar refractivity (Wildman–Crippen MR) is 85.8 cm³/mol. The number of carbonyl (C=O) groups excluding carboxylic acids is 2. The van der Waals surface area contributed by atoms with Gasteiger partial charge < -0.3 is 10.6 Å². The lowest BCUT2D eigenvalue weighted by atomic mass is 10.1. The summed E-state index contributed by atoms with van der Waals surface area (Å²) in [4.78, 5) is 23.5. The van der Waals surface area contributed by atoms with Crippen LogP contribution in [0.1, 0.15) is 11.1 Å². The van der Waals surface area contributed by atoms with Crippen molar-refractivity contribution in [1.29, 1.82) is 0 Å². The third kappa shape index (κ3) is 4.72. The van der Waals surface area contributed by atoms with Gasteiger partial charge in [-0.3, -0.25) is 9.59 Å². The SMILES string of the molecule is Cc1ccc(CNC(=O)C(=O)Nc2cccc(Br)c2)cc1. The molecule has 0 atom stereocenters. The summed E-state index contributed by atoms with van der Waals surface area (Å²) in [5.74, 6) is -1.34. The normalized spacial score (nSPS) is 10.0. The highest BCUT2D eigenvalue weighted by Gasteiger charge is 2.13. The largest absolute Gasteiger partial charge is 0.344 e. The molecular weight excluding hydrogens is 332 g/mol. The maximum atomic E-state index is 11.8. The van der Waals surface area contributed by atoms with Crippen LogP contribution in [0.2, 0.25) is 0 Å². The Morgan fingerprint density at radius 1 is 1.05 bits per heavy atom. The summed E-state index contributed by atoms with van der Waals surface area (Å²) in [6, 6.07) is 14.8. The Bertz CT molecular complexity index is 654. The van der Waals surface area contributed by atoms with Gasteiger partial charge in [0.25, 0.3) is 0 Å². The molecule has 0 aliphatic heterocycles. The molecule has 2 amide bonds. The maximum Gasteiger partial charge on any atom is 0.313 e. The number of anilines is 1. The molecule has 0 spiro atoms. The second-order valence-corrected chi connectivity index (χ2v) is 5.55. The fourth-order valence-corrected chi connectivity index (χ4v) is 2.12. The van der Waals surface area contributed by atoms with Gasteiger partial charge in [-0.25, -0.2) is 0 Å². The molecule has 0 radical (unpaired) electrons. The van der Waals surface area contributed by atoms with Gasteiger partial charge in [0.2, 0.25) is 0 Å². The van der Waals surface area contributed by atoms with Crippen LogP contribution in [-0.2, 0) is 16.1 Å². The lowest BCUT2D eigenvalue weighted by Crippen LogP contribution is -2.34. The summed E-state index contributed by atoms with van der Waals surface area (Å²) in [6.07, 6.45) is 0. The van der Waals surface area contributed by atoms with Crippen molar-refractivity contribution < 1.29 is 9.59 Å². The molecule has 0 unspecified atom stereocenters. The van der Waals surface area contributed by atoms with Crippen molar-refractivity contribution in [3.05, 3.63) is 64.1 Å². The zero-order valence-electron chi connectivity index (χ0n) is 11.5. The Kier molecular flexibility index (Phi) is 5.11. The molecule has 0 fully saturated rings. The average Bonchev–Trinajstić information content (AvgIpc) is 2.46. The number of hydrogen-bond donors (Lipinski definition) is 2. The van der Waals surface area contributed by atoms with E-state index in [1.807, 2.05) is 37.3 Å². The van der Waals surface area contributed by atoms with Gasteiger partial charge in [0, 0.05) is 16.7 Å². The summed E-state index contributed by atoms with van der Waals surface area (Å²) >= 11 is 3.30. The van der Waals surface area contributed by atoms with E-state index in [2.05, 4.69) is 26.6 Å². The lowest BCUT2D eigenvalue weighted by molar-refractivity contribution is -0.136. The van der Waals surface area contributed by atoms with E-state index in [0.717, 1.165) is 15.6 Å². The molecule has 0 saturated heterocycles. The quantitative estimate of drug-likeness (QED) is 0.839. The number of amides is 2. The topological polar surface area (TPSA) is 58.2 Å². The van der Waals surface area contributed by atoms with Crippen LogP contribution in [0.4, 0.5) is 5.69 Å². The first-order valence-corrected chi connectivity index (χ1v) is 7.24. The number of aryl methyl sites for hydroxylation is 1. The third-order valence-corrected chi connectivity index (χ3v) is 3.36. The van der Waals surface area contributed by atoms with Gasteiger partial charge in [0.05, 0.1) is 0 Å². The van der Waals surface area contributed by atoms with E-state index in [4.69, 9.17) is 0 Å². The van der Waals surface area contributed by atoms with Gasteiger partial charge in [-0.2, -0.15) is 0 Å². The van der Waals surface area contributed by atoms with Gasteiger partial charge in [0.15, 0.2) is 0 Å². The molecule has 0 aliphatic carbocycles. The molecule has 2 aromatic rings. The van der Waals surface area contributed by atoms with Gasteiger partial charge in [-0.05, 0) is 30.7 Å². The van der Waals surface area contributed by atoms with Crippen LogP contribution >= 0.6 is 15.9 Å². The number of rotatable bonds is 3. The first-order valence-electron chi connectivity index (χ1n) is 6.45. The van der Waals surface area contributed by atoms with Crippen LogP contribution in [0.25, 0.3) is 0 Å². The second kappa shape index (κ2) is 7.04. The summed E-state index contributed by atoms with van der Waals surface area (Å²) in [5, 5.41) is 5.14. The predicted octanol–water partition coefficient (Wildman–Crippen LogP) is 3.01. The highest BCUT2D eigenvalue weighted by Crippen LogP contribution is 2.15. The van der Waals surface area contributed by atoms with Crippen LogP contribution in [-0.4, -0.2) is 11.8 Å². The smallest absolute Gasteiger partial charge is 0.313 e. The summed E-state index contributed by atoms with van der Waals surface area (Å²) in [7, 11) is 0. The van der Waals surface area contributed by atoms with Crippen molar-refractivity contribution in [3.63, 3.8) is 0 Å². The highest BCUT2D eigenvalue weighted by molar-refractivity contribution is 9.10. The molecule has 4 nitrogen and oxygen atoms in total. The van der Waals surface area contributed by atoms with Crippen LogP contribution in [0, 0.1) is 6.92 Å². The molecule has 0 saturated carbocycles. The lowest BCUT2D eigenvalue weighted by Gasteiger charge is -2.07. The minimum atomic E-state index is -0.680. The summed E-state index contributed by atoms with van der Waals surface area (Å²) in [5.41, 5.74) is 2.67. The van der Waals surface area contributed by atoms with E-state index in [0.29, 0.717) is 12.2 Å². The Morgan fingerprint density at radius 3 is 2.43 bits per heavy atom. The van der Waals surface area contributed by atoms with E-state index in [1.165, 1.54) is 0 Å². The highest BCUT2D eigenvalue weighted by atomic mass is 79.9. The molecule has 2 rings (SSSR count). The van der Waals surface area contributed by atoms with Gasteiger partial charge in [-0.15, -0.1) is 0 Å². The molecule has 2 aromatic carbocycles. The van der Waals surface area contributed by atoms with Crippen molar-refractivity contribution in [2.75, 3.05) is 5.32 Å². The number of nitrogens with one attached hydrogen (secondary N) is 2. The van der Waals surface area contributed by atoms with Crippen molar-refractivity contribution in [1.82, 2.24) is 5.32 Å². The Hall–Kier alpha value is -2.14. The van der Waals surface area contributed by atoms with E-state index >= 15 is 0 Å². The molecule has 5 heteroatoms. The first kappa shape index (κ1) is 15.3. The number of benzene rings is 2.